The van der Waals surface area contributed by atoms with Crippen molar-refractivity contribution in [2.24, 2.45) is 0 Å². The van der Waals surface area contributed by atoms with Crippen molar-refractivity contribution in [2.75, 3.05) is 38.2 Å². The summed E-state index contributed by atoms with van der Waals surface area (Å²) < 4.78 is 11.2. The molecule has 3 aromatic rings. The third-order valence-corrected chi connectivity index (χ3v) is 5.40. The Labute approximate surface area is 174 Å². The van der Waals surface area contributed by atoms with Crippen LogP contribution in [0.2, 0.25) is 0 Å². The SMILES string of the molecule is COc1ccc(-[n+]2noc([O-])c2C(=O)N2CCN(c3cc(C)ccc3C)CC2)cc1. The number of rotatable bonds is 4. The van der Waals surface area contributed by atoms with Crippen molar-refractivity contribution in [3.8, 4) is 17.4 Å². The number of nitrogens with zero attached hydrogens (tertiary/aromatic N) is 4. The first kappa shape index (κ1) is 19.8. The lowest BCUT2D eigenvalue weighted by molar-refractivity contribution is -0.672. The number of aromatic nitrogens is 2. The van der Waals surface area contributed by atoms with Gasteiger partial charge in [0.05, 0.1) is 12.4 Å². The second-order valence-electron chi connectivity index (χ2n) is 7.39. The second-order valence-corrected chi connectivity index (χ2v) is 7.39. The fraction of sp³-hybridized carbons (Fsp3) is 0.318. The molecule has 4 rings (SSSR count). The van der Waals surface area contributed by atoms with E-state index in [1.165, 1.54) is 21.5 Å². The lowest BCUT2D eigenvalue weighted by atomic mass is 10.1. The zero-order valence-electron chi connectivity index (χ0n) is 17.3. The van der Waals surface area contributed by atoms with Crippen LogP contribution in [0.4, 0.5) is 5.69 Å². The van der Waals surface area contributed by atoms with Crippen molar-refractivity contribution < 1.29 is 23.8 Å². The molecule has 1 amide bonds. The first-order chi connectivity index (χ1) is 14.5. The quantitative estimate of drug-likeness (QED) is 0.610. The topological polar surface area (TPSA) is 85.8 Å². The van der Waals surface area contributed by atoms with E-state index in [1.807, 2.05) is 0 Å². The Balaban J connectivity index is 1.52. The number of aryl methyl sites for hydroxylation is 2. The fourth-order valence-electron chi connectivity index (χ4n) is 3.69. The van der Waals surface area contributed by atoms with E-state index in [0.29, 0.717) is 37.6 Å². The van der Waals surface area contributed by atoms with Gasteiger partial charge in [-0.2, -0.15) is 0 Å². The van der Waals surface area contributed by atoms with Crippen LogP contribution in [-0.2, 0) is 0 Å². The van der Waals surface area contributed by atoms with E-state index in [0.717, 1.165) is 0 Å². The Kier molecular flexibility index (Phi) is 5.31. The molecule has 30 heavy (non-hydrogen) atoms. The van der Waals surface area contributed by atoms with Gasteiger partial charge in [-0.3, -0.25) is 4.79 Å². The van der Waals surface area contributed by atoms with Crippen LogP contribution in [0.15, 0.2) is 47.0 Å². The summed E-state index contributed by atoms with van der Waals surface area (Å²) in [5, 5.41) is 16.0. The molecule has 1 aliphatic heterocycles. The summed E-state index contributed by atoms with van der Waals surface area (Å²) in [6.45, 7) is 6.57. The van der Waals surface area contributed by atoms with Crippen LogP contribution < -0.4 is 19.4 Å². The molecule has 0 atom stereocenters. The minimum Gasteiger partial charge on any atom is -0.538 e. The predicted octanol–water partition coefficient (Wildman–Crippen LogP) is 1.61. The Bertz CT molecular complexity index is 1050. The number of anilines is 1. The van der Waals surface area contributed by atoms with Crippen molar-refractivity contribution >= 4 is 11.6 Å². The molecule has 2 heterocycles. The third-order valence-electron chi connectivity index (χ3n) is 5.40. The van der Waals surface area contributed by atoms with Crippen molar-refractivity contribution in [2.45, 2.75) is 13.8 Å². The normalized spacial score (nSPS) is 14.1. The number of amides is 1. The first-order valence-corrected chi connectivity index (χ1v) is 9.83. The molecule has 0 radical (unpaired) electrons. The summed E-state index contributed by atoms with van der Waals surface area (Å²) in [4.78, 5) is 17.1. The van der Waals surface area contributed by atoms with Crippen molar-refractivity contribution in [1.82, 2.24) is 10.2 Å². The van der Waals surface area contributed by atoms with E-state index >= 15 is 0 Å². The average Bonchev–Trinajstić information content (AvgIpc) is 3.16. The number of hydrogen-bond acceptors (Lipinski definition) is 6. The molecular formula is C22H24N4O4. The monoisotopic (exact) mass is 408 g/mol. The minimum atomic E-state index is -0.743. The number of hydrogen-bond donors (Lipinski definition) is 0. The van der Waals surface area contributed by atoms with E-state index in [9.17, 15) is 9.90 Å². The molecule has 0 N–H and O–H groups in total. The number of carbonyl (C=O) groups excluding carboxylic acids is 1. The van der Waals surface area contributed by atoms with Crippen LogP contribution in [0.5, 0.6) is 11.7 Å². The third kappa shape index (κ3) is 3.68. The maximum atomic E-state index is 13.1. The highest BCUT2D eigenvalue weighted by Crippen LogP contribution is 2.24. The largest absolute Gasteiger partial charge is 0.538 e. The number of ether oxygens (including phenoxy) is 1. The maximum Gasteiger partial charge on any atom is 0.327 e. The smallest absolute Gasteiger partial charge is 0.327 e. The summed E-state index contributed by atoms with van der Waals surface area (Å²) in [5.41, 5.74) is 4.05. The molecule has 8 nitrogen and oxygen atoms in total. The number of benzene rings is 2. The molecule has 1 saturated heterocycles. The minimum absolute atomic E-state index is 0.0969. The summed E-state index contributed by atoms with van der Waals surface area (Å²) in [6.07, 6.45) is 0. The molecule has 1 aliphatic rings. The molecule has 2 aromatic carbocycles. The Hall–Kier alpha value is -3.55. The summed E-state index contributed by atoms with van der Waals surface area (Å²) in [6, 6.07) is 13.3. The zero-order chi connectivity index (χ0) is 21.3. The van der Waals surface area contributed by atoms with Crippen molar-refractivity contribution in [3.63, 3.8) is 0 Å². The number of carbonyl (C=O) groups is 1. The second kappa shape index (κ2) is 8.06. The number of piperazine rings is 1. The van der Waals surface area contributed by atoms with E-state index in [-0.39, 0.29) is 11.6 Å². The fourth-order valence-corrected chi connectivity index (χ4v) is 3.69. The Morgan fingerprint density at radius 2 is 1.80 bits per heavy atom. The number of methoxy groups -OCH3 is 1. The van der Waals surface area contributed by atoms with Gasteiger partial charge in [0, 0.05) is 44.0 Å². The van der Waals surface area contributed by atoms with Gasteiger partial charge in [-0.15, -0.1) is 0 Å². The molecule has 0 spiro atoms. The van der Waals surface area contributed by atoms with E-state index in [2.05, 4.69) is 42.2 Å². The summed E-state index contributed by atoms with van der Waals surface area (Å²) >= 11 is 0. The van der Waals surface area contributed by atoms with Gasteiger partial charge in [0.1, 0.15) is 5.75 Å². The van der Waals surface area contributed by atoms with Gasteiger partial charge in [-0.1, -0.05) is 12.1 Å². The molecule has 1 fully saturated rings. The highest BCUT2D eigenvalue weighted by Gasteiger charge is 2.33. The van der Waals surface area contributed by atoms with E-state index < -0.39 is 5.95 Å². The van der Waals surface area contributed by atoms with Gasteiger partial charge >= 0.3 is 11.6 Å². The van der Waals surface area contributed by atoms with Gasteiger partial charge in [0.25, 0.3) is 0 Å². The zero-order valence-corrected chi connectivity index (χ0v) is 17.3. The summed E-state index contributed by atoms with van der Waals surface area (Å²) in [7, 11) is 1.57. The van der Waals surface area contributed by atoms with Crippen LogP contribution in [0, 0.1) is 13.8 Å². The van der Waals surface area contributed by atoms with Crippen LogP contribution in [0.1, 0.15) is 21.6 Å². The predicted molar refractivity (Wildman–Crippen MR) is 108 cm³/mol. The van der Waals surface area contributed by atoms with Gasteiger partial charge < -0.3 is 24.2 Å². The van der Waals surface area contributed by atoms with Crippen LogP contribution >= 0.6 is 0 Å². The highest BCUT2D eigenvalue weighted by molar-refractivity contribution is 5.92. The van der Waals surface area contributed by atoms with E-state index in [4.69, 9.17) is 9.26 Å². The molecule has 8 heteroatoms. The van der Waals surface area contributed by atoms with Crippen molar-refractivity contribution in [3.05, 3.63) is 59.3 Å². The maximum absolute atomic E-state index is 13.1. The Morgan fingerprint density at radius 1 is 1.10 bits per heavy atom. The average molecular weight is 408 g/mol. The first-order valence-electron chi connectivity index (χ1n) is 9.83. The molecule has 0 bridgehead atoms. The van der Waals surface area contributed by atoms with Gasteiger partial charge in [0.15, 0.2) is 5.95 Å². The molecule has 0 saturated carbocycles. The Morgan fingerprint density at radius 3 is 2.47 bits per heavy atom. The molecular weight excluding hydrogens is 384 g/mol. The molecule has 0 aliphatic carbocycles. The van der Waals surface area contributed by atoms with Crippen LogP contribution in [-0.4, -0.2) is 49.4 Å². The van der Waals surface area contributed by atoms with Gasteiger partial charge in [-0.25, -0.2) is 0 Å². The lowest BCUT2D eigenvalue weighted by Gasteiger charge is -2.36. The van der Waals surface area contributed by atoms with Gasteiger partial charge in [0.2, 0.25) is 5.69 Å². The van der Waals surface area contributed by atoms with Gasteiger partial charge in [-0.05, 0) is 47.9 Å². The van der Waals surface area contributed by atoms with Crippen LogP contribution in [0.25, 0.3) is 5.69 Å². The van der Waals surface area contributed by atoms with E-state index in [1.54, 1.807) is 36.3 Å². The molecule has 1 aromatic heterocycles. The summed E-state index contributed by atoms with van der Waals surface area (Å²) in [5.74, 6) is -0.453. The lowest BCUT2D eigenvalue weighted by Crippen LogP contribution is -2.52. The standard InChI is InChI=1S/C22H24N4O4/c1-15-4-5-16(2)19(14-15)24-10-12-25(13-11-24)21(27)20-22(28)30-23-26(20)17-6-8-18(29-3)9-7-17/h4-9,14H,10-13H2,1-3H3. The molecule has 156 valence electrons. The van der Waals surface area contributed by atoms with Crippen LogP contribution in [0.3, 0.4) is 0 Å². The van der Waals surface area contributed by atoms with Crippen molar-refractivity contribution in [1.29, 1.82) is 0 Å². The molecule has 0 unspecified atom stereocenters. The highest BCUT2D eigenvalue weighted by atomic mass is 16.6.